The standard InChI is InChI=1S/C18H18F3N3O3/c1-11-8-14(16(25)26)23-17(22-11)24-7-6-12(9-24)10-27-15-5-3-2-4-13(15)18(19,20)21/h2-5,8,12H,6-7,9-10H2,1H3,(H,25,26)/t12-/m1/s1. The third kappa shape index (κ3) is 4.47. The van der Waals surface area contributed by atoms with Crippen LogP contribution in [-0.4, -0.2) is 40.7 Å². The van der Waals surface area contributed by atoms with E-state index in [0.29, 0.717) is 31.2 Å². The van der Waals surface area contributed by atoms with E-state index < -0.39 is 17.7 Å². The molecule has 1 aromatic carbocycles. The highest BCUT2D eigenvalue weighted by Gasteiger charge is 2.34. The highest BCUT2D eigenvalue weighted by atomic mass is 19.4. The molecule has 1 aromatic heterocycles. The lowest BCUT2D eigenvalue weighted by atomic mass is 10.1. The normalized spacial score (nSPS) is 17.2. The van der Waals surface area contributed by atoms with Crippen LogP contribution in [0, 0.1) is 12.8 Å². The molecule has 1 N–H and O–H groups in total. The van der Waals surface area contributed by atoms with Crippen LogP contribution >= 0.6 is 0 Å². The Morgan fingerprint density at radius 3 is 2.78 bits per heavy atom. The van der Waals surface area contributed by atoms with E-state index in [0.717, 1.165) is 6.07 Å². The zero-order chi connectivity index (χ0) is 19.6. The first-order valence-corrected chi connectivity index (χ1v) is 8.37. The van der Waals surface area contributed by atoms with E-state index in [4.69, 9.17) is 9.84 Å². The molecule has 0 unspecified atom stereocenters. The topological polar surface area (TPSA) is 75.5 Å². The van der Waals surface area contributed by atoms with E-state index in [9.17, 15) is 18.0 Å². The molecule has 1 aliphatic heterocycles. The van der Waals surface area contributed by atoms with Crippen molar-refractivity contribution >= 4 is 11.9 Å². The number of aromatic carboxylic acids is 1. The predicted molar refractivity (Wildman–Crippen MR) is 91.0 cm³/mol. The van der Waals surface area contributed by atoms with Crippen LogP contribution in [0.3, 0.4) is 0 Å². The Morgan fingerprint density at radius 2 is 2.07 bits per heavy atom. The summed E-state index contributed by atoms with van der Waals surface area (Å²) in [6.07, 6.45) is -3.78. The van der Waals surface area contributed by atoms with Gasteiger partial charge in [-0.2, -0.15) is 13.2 Å². The SMILES string of the molecule is Cc1cc(C(=O)O)nc(N2CC[C@@H](COc3ccccc3C(F)(F)F)C2)n1. The van der Waals surface area contributed by atoms with Gasteiger partial charge in [-0.3, -0.25) is 0 Å². The zero-order valence-corrected chi connectivity index (χ0v) is 14.5. The molecule has 0 aliphatic carbocycles. The quantitative estimate of drug-likeness (QED) is 0.856. The molecule has 144 valence electrons. The van der Waals surface area contributed by atoms with Crippen molar-refractivity contribution in [1.29, 1.82) is 0 Å². The molecular weight excluding hydrogens is 363 g/mol. The number of aromatic nitrogens is 2. The van der Waals surface area contributed by atoms with Crippen LogP contribution in [0.5, 0.6) is 5.75 Å². The van der Waals surface area contributed by atoms with Gasteiger partial charge in [-0.25, -0.2) is 14.8 Å². The number of hydrogen-bond acceptors (Lipinski definition) is 5. The molecule has 2 heterocycles. The summed E-state index contributed by atoms with van der Waals surface area (Å²) in [4.78, 5) is 21.3. The first-order chi connectivity index (χ1) is 12.7. The van der Waals surface area contributed by atoms with Crippen LogP contribution in [0.4, 0.5) is 19.1 Å². The maximum absolute atomic E-state index is 13.0. The van der Waals surface area contributed by atoms with E-state index in [1.165, 1.54) is 24.3 Å². The van der Waals surface area contributed by atoms with E-state index >= 15 is 0 Å². The van der Waals surface area contributed by atoms with Gasteiger partial charge >= 0.3 is 12.1 Å². The Labute approximate surface area is 153 Å². The molecule has 9 heteroatoms. The third-order valence-electron chi connectivity index (χ3n) is 4.30. The van der Waals surface area contributed by atoms with E-state index in [2.05, 4.69) is 9.97 Å². The van der Waals surface area contributed by atoms with Gasteiger partial charge < -0.3 is 14.7 Å². The van der Waals surface area contributed by atoms with Crippen molar-refractivity contribution in [3.63, 3.8) is 0 Å². The Kier molecular flexibility index (Phi) is 5.20. The number of ether oxygens (including phenoxy) is 1. The number of nitrogens with zero attached hydrogens (tertiary/aromatic N) is 3. The molecular formula is C18H18F3N3O3. The van der Waals surface area contributed by atoms with Gasteiger partial charge in [0.05, 0.1) is 12.2 Å². The summed E-state index contributed by atoms with van der Waals surface area (Å²) in [5.74, 6) is -1.03. The largest absolute Gasteiger partial charge is 0.493 e. The number of carbonyl (C=O) groups is 1. The van der Waals surface area contributed by atoms with Gasteiger partial charge in [-0.15, -0.1) is 0 Å². The van der Waals surface area contributed by atoms with Gasteiger partial charge in [0, 0.05) is 24.7 Å². The second kappa shape index (κ2) is 7.42. The molecule has 0 radical (unpaired) electrons. The highest BCUT2D eigenvalue weighted by molar-refractivity contribution is 5.85. The first kappa shape index (κ1) is 18.9. The average molecular weight is 381 g/mol. The number of halogens is 3. The third-order valence-corrected chi connectivity index (χ3v) is 4.30. The lowest BCUT2D eigenvalue weighted by Crippen LogP contribution is -2.25. The van der Waals surface area contributed by atoms with Crippen LogP contribution in [0.15, 0.2) is 30.3 Å². The number of benzene rings is 1. The van der Waals surface area contributed by atoms with Crippen LogP contribution < -0.4 is 9.64 Å². The lowest BCUT2D eigenvalue weighted by molar-refractivity contribution is -0.139. The molecule has 3 rings (SSSR count). The van der Waals surface area contributed by atoms with Gasteiger partial charge in [0.2, 0.25) is 5.95 Å². The minimum Gasteiger partial charge on any atom is -0.493 e. The minimum absolute atomic E-state index is 0.0105. The number of hydrogen-bond donors (Lipinski definition) is 1. The Morgan fingerprint density at radius 1 is 1.33 bits per heavy atom. The van der Waals surface area contributed by atoms with Gasteiger partial charge in [0.25, 0.3) is 0 Å². The summed E-state index contributed by atoms with van der Waals surface area (Å²) in [6, 6.07) is 6.50. The van der Waals surface area contributed by atoms with Crippen LogP contribution in [0.1, 0.15) is 28.2 Å². The summed E-state index contributed by atoms with van der Waals surface area (Å²) >= 11 is 0. The fourth-order valence-electron chi connectivity index (χ4n) is 2.99. The van der Waals surface area contributed by atoms with Crippen molar-refractivity contribution in [3.8, 4) is 5.75 Å². The number of carboxylic acids is 1. The van der Waals surface area contributed by atoms with Crippen molar-refractivity contribution < 1.29 is 27.8 Å². The molecule has 0 bridgehead atoms. The van der Waals surface area contributed by atoms with Crippen LogP contribution in [0.25, 0.3) is 0 Å². The molecule has 2 aromatic rings. The number of anilines is 1. The number of carboxylic acid groups (broad SMARTS) is 1. The summed E-state index contributed by atoms with van der Waals surface area (Å²) < 4.78 is 44.5. The van der Waals surface area contributed by atoms with Crippen molar-refractivity contribution in [2.24, 2.45) is 5.92 Å². The molecule has 0 saturated carbocycles. The fourth-order valence-corrected chi connectivity index (χ4v) is 2.99. The smallest absolute Gasteiger partial charge is 0.419 e. The molecule has 0 spiro atoms. The van der Waals surface area contributed by atoms with E-state index in [-0.39, 0.29) is 24.0 Å². The summed E-state index contributed by atoms with van der Waals surface area (Å²) in [5, 5.41) is 9.11. The zero-order valence-electron chi connectivity index (χ0n) is 14.5. The first-order valence-electron chi connectivity index (χ1n) is 8.37. The second-order valence-electron chi connectivity index (χ2n) is 6.41. The number of aryl methyl sites for hydroxylation is 1. The summed E-state index contributed by atoms with van der Waals surface area (Å²) in [6.45, 7) is 2.87. The number of rotatable bonds is 5. The van der Waals surface area contributed by atoms with Crippen LogP contribution in [-0.2, 0) is 6.18 Å². The maximum atomic E-state index is 13.0. The Hall–Kier alpha value is -2.84. The van der Waals surface area contributed by atoms with Crippen molar-refractivity contribution in [2.45, 2.75) is 19.5 Å². The Balaban J connectivity index is 1.66. The van der Waals surface area contributed by atoms with Gasteiger partial charge in [0.1, 0.15) is 5.75 Å². The summed E-state index contributed by atoms with van der Waals surface area (Å²) in [5.41, 5.74) is -0.347. The second-order valence-corrected chi connectivity index (χ2v) is 6.41. The molecule has 27 heavy (non-hydrogen) atoms. The van der Waals surface area contributed by atoms with E-state index in [1.807, 2.05) is 4.90 Å². The molecule has 1 aliphatic rings. The highest BCUT2D eigenvalue weighted by Crippen LogP contribution is 2.36. The van der Waals surface area contributed by atoms with Crippen molar-refractivity contribution in [2.75, 3.05) is 24.6 Å². The van der Waals surface area contributed by atoms with E-state index in [1.54, 1.807) is 6.92 Å². The van der Waals surface area contributed by atoms with Crippen LogP contribution in [0.2, 0.25) is 0 Å². The van der Waals surface area contributed by atoms with Gasteiger partial charge in [0.15, 0.2) is 5.69 Å². The maximum Gasteiger partial charge on any atom is 0.419 e. The molecule has 1 saturated heterocycles. The van der Waals surface area contributed by atoms with Crippen molar-refractivity contribution in [3.05, 3.63) is 47.3 Å². The Bertz CT molecular complexity index is 842. The molecule has 6 nitrogen and oxygen atoms in total. The number of alkyl halides is 3. The van der Waals surface area contributed by atoms with Gasteiger partial charge in [-0.05, 0) is 31.5 Å². The predicted octanol–water partition coefficient (Wildman–Crippen LogP) is 3.41. The minimum atomic E-state index is -4.47. The average Bonchev–Trinajstić information content (AvgIpc) is 3.08. The van der Waals surface area contributed by atoms with Crippen molar-refractivity contribution in [1.82, 2.24) is 9.97 Å². The number of para-hydroxylation sites is 1. The molecule has 1 atom stereocenters. The lowest BCUT2D eigenvalue weighted by Gasteiger charge is -2.18. The summed E-state index contributed by atoms with van der Waals surface area (Å²) in [7, 11) is 0. The molecule has 0 amide bonds. The van der Waals surface area contributed by atoms with Gasteiger partial charge in [-0.1, -0.05) is 12.1 Å². The fraction of sp³-hybridized carbons (Fsp3) is 0.389. The molecule has 1 fully saturated rings. The monoisotopic (exact) mass is 381 g/mol.